The summed E-state index contributed by atoms with van der Waals surface area (Å²) in [6.45, 7) is 1.78. The van der Waals surface area contributed by atoms with Gasteiger partial charge in [-0.2, -0.15) is 0 Å². The predicted octanol–water partition coefficient (Wildman–Crippen LogP) is 0.940. The number of anilines is 2. The molecule has 1 heterocycles. The van der Waals surface area contributed by atoms with Crippen LogP contribution in [0.25, 0.3) is 0 Å². The number of hydrogen-bond donors (Lipinski definition) is 2. The van der Waals surface area contributed by atoms with Crippen molar-refractivity contribution >= 4 is 17.7 Å². The summed E-state index contributed by atoms with van der Waals surface area (Å²) < 4.78 is 0. The highest BCUT2D eigenvalue weighted by Crippen LogP contribution is 2.11. The Labute approximate surface area is 77.0 Å². The quantitative estimate of drug-likeness (QED) is 0.659. The van der Waals surface area contributed by atoms with Crippen LogP contribution in [0, 0.1) is 0 Å². The number of nitrogens with two attached hydrogens (primary N) is 1. The maximum atomic E-state index is 5.57. The van der Waals surface area contributed by atoms with Gasteiger partial charge in [0, 0.05) is 5.69 Å². The molecule has 0 saturated carbocycles. The van der Waals surface area contributed by atoms with Crippen LogP contribution >= 0.6 is 0 Å². The van der Waals surface area contributed by atoms with E-state index in [0.717, 1.165) is 24.5 Å². The predicted molar refractivity (Wildman–Crippen MR) is 54.5 cm³/mol. The summed E-state index contributed by atoms with van der Waals surface area (Å²) in [5, 5.41) is 1.95. The number of hydrogen-bond acceptors (Lipinski definition) is 4. The zero-order chi connectivity index (χ0) is 9.10. The van der Waals surface area contributed by atoms with Crippen molar-refractivity contribution in [3.63, 3.8) is 0 Å². The Bertz CT molecular complexity index is 304. The van der Waals surface area contributed by atoms with Gasteiger partial charge < -0.3 is 5.73 Å². The largest absolute Gasteiger partial charge is 0.399 e. The van der Waals surface area contributed by atoms with Crippen molar-refractivity contribution in [2.45, 2.75) is 0 Å². The van der Waals surface area contributed by atoms with Gasteiger partial charge in [0.15, 0.2) is 0 Å². The van der Waals surface area contributed by atoms with E-state index in [1.165, 1.54) is 0 Å². The van der Waals surface area contributed by atoms with E-state index in [4.69, 9.17) is 5.73 Å². The first-order valence-electron chi connectivity index (χ1n) is 4.23. The van der Waals surface area contributed by atoms with Crippen LogP contribution in [-0.4, -0.2) is 24.4 Å². The molecule has 0 fully saturated rings. The molecule has 0 saturated heterocycles. The maximum absolute atomic E-state index is 5.57. The highest BCUT2D eigenvalue weighted by Gasteiger charge is 2.03. The lowest BCUT2D eigenvalue weighted by molar-refractivity contribution is 0.557. The third-order valence-corrected chi connectivity index (χ3v) is 1.87. The van der Waals surface area contributed by atoms with E-state index in [1.54, 1.807) is 6.34 Å². The van der Waals surface area contributed by atoms with Crippen molar-refractivity contribution in [1.82, 2.24) is 5.01 Å². The first-order valence-corrected chi connectivity index (χ1v) is 4.23. The van der Waals surface area contributed by atoms with Crippen LogP contribution in [0.5, 0.6) is 0 Å². The molecule has 0 aromatic heterocycles. The van der Waals surface area contributed by atoms with E-state index < -0.39 is 0 Å². The van der Waals surface area contributed by atoms with Gasteiger partial charge in [-0.05, 0) is 24.3 Å². The fraction of sp³-hybridized carbons (Fsp3) is 0.222. The van der Waals surface area contributed by atoms with Gasteiger partial charge in [0.1, 0.15) is 6.34 Å². The Hall–Kier alpha value is -1.71. The van der Waals surface area contributed by atoms with Crippen molar-refractivity contribution in [2.75, 3.05) is 24.2 Å². The summed E-state index contributed by atoms with van der Waals surface area (Å²) >= 11 is 0. The molecule has 0 radical (unpaired) electrons. The molecular weight excluding hydrogens is 164 g/mol. The second kappa shape index (κ2) is 3.35. The molecule has 0 atom stereocenters. The van der Waals surface area contributed by atoms with Crippen LogP contribution in [0.1, 0.15) is 0 Å². The minimum atomic E-state index is 0.778. The van der Waals surface area contributed by atoms with Crippen LogP contribution in [0.2, 0.25) is 0 Å². The lowest BCUT2D eigenvalue weighted by Crippen LogP contribution is -2.26. The number of hydrazine groups is 1. The van der Waals surface area contributed by atoms with Crippen molar-refractivity contribution in [1.29, 1.82) is 0 Å². The number of rotatable bonds is 2. The first kappa shape index (κ1) is 7.91. The second-order valence-electron chi connectivity index (χ2n) is 2.95. The molecule has 0 amide bonds. The van der Waals surface area contributed by atoms with Gasteiger partial charge in [0.2, 0.25) is 0 Å². The van der Waals surface area contributed by atoms with E-state index in [1.807, 2.05) is 29.3 Å². The molecule has 68 valence electrons. The Morgan fingerprint density at radius 1 is 1.31 bits per heavy atom. The molecule has 2 rings (SSSR count). The summed E-state index contributed by atoms with van der Waals surface area (Å²) in [6.07, 6.45) is 1.80. The van der Waals surface area contributed by atoms with E-state index in [2.05, 4.69) is 10.4 Å². The van der Waals surface area contributed by atoms with Gasteiger partial charge >= 0.3 is 0 Å². The highest BCUT2D eigenvalue weighted by atomic mass is 15.5. The van der Waals surface area contributed by atoms with Gasteiger partial charge in [-0.25, -0.2) is 0 Å². The fourth-order valence-electron chi connectivity index (χ4n) is 1.19. The van der Waals surface area contributed by atoms with Gasteiger partial charge in [0.05, 0.1) is 18.8 Å². The average molecular weight is 176 g/mol. The lowest BCUT2D eigenvalue weighted by atomic mass is 10.3. The Balaban J connectivity index is 2.01. The van der Waals surface area contributed by atoms with Gasteiger partial charge in [-0.1, -0.05) is 0 Å². The monoisotopic (exact) mass is 176 g/mol. The van der Waals surface area contributed by atoms with Crippen molar-refractivity contribution in [3.8, 4) is 0 Å². The fourth-order valence-corrected chi connectivity index (χ4v) is 1.19. The van der Waals surface area contributed by atoms with Crippen molar-refractivity contribution in [3.05, 3.63) is 24.3 Å². The molecule has 1 aromatic carbocycles. The topological polar surface area (TPSA) is 53.6 Å². The maximum Gasteiger partial charge on any atom is 0.104 e. The van der Waals surface area contributed by atoms with Gasteiger partial charge in [0.25, 0.3) is 0 Å². The summed E-state index contributed by atoms with van der Waals surface area (Å²) in [7, 11) is 0. The van der Waals surface area contributed by atoms with E-state index >= 15 is 0 Å². The summed E-state index contributed by atoms with van der Waals surface area (Å²) in [5.41, 5.74) is 10.6. The van der Waals surface area contributed by atoms with Gasteiger partial charge in [-0.15, -0.1) is 0 Å². The minimum Gasteiger partial charge on any atom is -0.399 e. The van der Waals surface area contributed by atoms with Crippen LogP contribution in [0.4, 0.5) is 11.4 Å². The number of benzene rings is 1. The molecule has 1 aliphatic heterocycles. The Kier molecular flexibility index (Phi) is 2.04. The smallest absolute Gasteiger partial charge is 0.104 e. The third kappa shape index (κ3) is 1.90. The van der Waals surface area contributed by atoms with E-state index in [9.17, 15) is 0 Å². The second-order valence-corrected chi connectivity index (χ2v) is 2.95. The van der Waals surface area contributed by atoms with Gasteiger partial charge in [-0.3, -0.25) is 15.4 Å². The standard InChI is InChI=1S/C9H12N4/c10-8-1-3-9(4-2-8)12-13-6-5-11-7-13/h1-4,7,12H,5-6,10H2. The summed E-state index contributed by atoms with van der Waals surface area (Å²) in [6, 6.07) is 7.63. The molecule has 0 aliphatic carbocycles. The zero-order valence-corrected chi connectivity index (χ0v) is 7.27. The normalized spacial score (nSPS) is 14.9. The Morgan fingerprint density at radius 3 is 2.69 bits per heavy atom. The first-order chi connectivity index (χ1) is 6.34. The number of nitrogen functional groups attached to an aromatic ring is 1. The molecule has 4 heteroatoms. The molecule has 0 spiro atoms. The molecule has 3 N–H and O–H groups in total. The van der Waals surface area contributed by atoms with Crippen LogP contribution in [-0.2, 0) is 0 Å². The average Bonchev–Trinajstić information content (AvgIpc) is 2.62. The minimum absolute atomic E-state index is 0.778. The van der Waals surface area contributed by atoms with Crippen LogP contribution < -0.4 is 11.2 Å². The molecule has 1 aromatic rings. The third-order valence-electron chi connectivity index (χ3n) is 1.87. The lowest BCUT2D eigenvalue weighted by Gasteiger charge is -2.16. The van der Waals surface area contributed by atoms with E-state index in [-0.39, 0.29) is 0 Å². The molecular formula is C9H12N4. The molecule has 0 bridgehead atoms. The van der Waals surface area contributed by atoms with Crippen LogP contribution in [0.3, 0.4) is 0 Å². The number of nitrogens with one attached hydrogen (secondary N) is 1. The van der Waals surface area contributed by atoms with Crippen molar-refractivity contribution in [2.24, 2.45) is 4.99 Å². The SMILES string of the molecule is Nc1ccc(NN2C=NCC2)cc1. The highest BCUT2D eigenvalue weighted by molar-refractivity contribution is 5.61. The molecule has 0 unspecified atom stereocenters. The van der Waals surface area contributed by atoms with E-state index in [0.29, 0.717) is 0 Å². The van der Waals surface area contributed by atoms with Crippen LogP contribution in [0.15, 0.2) is 29.3 Å². The summed E-state index contributed by atoms with van der Waals surface area (Å²) in [4.78, 5) is 4.09. The molecule has 4 nitrogen and oxygen atoms in total. The summed E-state index contributed by atoms with van der Waals surface area (Å²) in [5.74, 6) is 0. The molecule has 1 aliphatic rings. The zero-order valence-electron chi connectivity index (χ0n) is 7.27. The molecule has 13 heavy (non-hydrogen) atoms. The Morgan fingerprint density at radius 2 is 2.08 bits per heavy atom. The number of aliphatic imine (C=N–C) groups is 1. The number of nitrogens with zero attached hydrogens (tertiary/aromatic N) is 2. The van der Waals surface area contributed by atoms with Crippen molar-refractivity contribution < 1.29 is 0 Å².